The largest absolute Gasteiger partial charge is 0.478 e. The average molecular weight is 508 g/mol. The van der Waals surface area contributed by atoms with Gasteiger partial charge in [-0.1, -0.05) is 24.3 Å². The Hall–Kier alpha value is -2.48. The molecule has 0 spiro atoms. The number of likely N-dealkylation sites (tertiary alicyclic amines) is 1. The summed E-state index contributed by atoms with van der Waals surface area (Å²) in [6, 6.07) is 12.7. The van der Waals surface area contributed by atoms with E-state index in [1.165, 1.54) is 11.1 Å². The van der Waals surface area contributed by atoms with Crippen LogP contribution in [0, 0.1) is 12.3 Å². The average Bonchev–Trinajstić information content (AvgIpc) is 3.34. The second kappa shape index (κ2) is 10.4. The van der Waals surface area contributed by atoms with E-state index in [1.807, 2.05) is 39.0 Å². The van der Waals surface area contributed by atoms with Gasteiger partial charge in [-0.25, -0.2) is 4.98 Å². The van der Waals surface area contributed by atoms with Crippen molar-refractivity contribution >= 4 is 5.91 Å². The molecule has 0 bridgehead atoms. The van der Waals surface area contributed by atoms with E-state index < -0.39 is 11.2 Å². The monoisotopic (exact) mass is 507 g/mol. The highest BCUT2D eigenvalue weighted by atomic mass is 16.8. The summed E-state index contributed by atoms with van der Waals surface area (Å²) in [5, 5.41) is 0. The summed E-state index contributed by atoms with van der Waals surface area (Å²) in [5.41, 5.74) is 10.1. The first-order chi connectivity index (χ1) is 17.7. The maximum atomic E-state index is 12.5. The predicted octanol–water partition coefficient (Wildman–Crippen LogP) is 4.81. The molecule has 2 saturated heterocycles. The van der Waals surface area contributed by atoms with Gasteiger partial charge in [-0.2, -0.15) is 0 Å². The smallest absolute Gasteiger partial charge is 0.223 e. The molecule has 1 aromatic carbocycles. The Labute approximate surface area is 220 Å². The van der Waals surface area contributed by atoms with Crippen molar-refractivity contribution in [2.24, 2.45) is 11.1 Å². The molecular weight excluding hydrogens is 466 g/mol. The lowest BCUT2D eigenvalue weighted by Gasteiger charge is -2.35. The van der Waals surface area contributed by atoms with Gasteiger partial charge < -0.3 is 24.8 Å². The summed E-state index contributed by atoms with van der Waals surface area (Å²) < 4.78 is 17.7. The highest BCUT2D eigenvalue weighted by Crippen LogP contribution is 2.49. The van der Waals surface area contributed by atoms with E-state index in [2.05, 4.69) is 35.0 Å². The van der Waals surface area contributed by atoms with E-state index in [0.29, 0.717) is 31.2 Å². The van der Waals surface area contributed by atoms with Gasteiger partial charge in [0.05, 0.1) is 29.9 Å². The maximum Gasteiger partial charge on any atom is 0.223 e. The highest BCUT2D eigenvalue weighted by molar-refractivity contribution is 5.81. The third-order valence-corrected chi connectivity index (χ3v) is 8.50. The van der Waals surface area contributed by atoms with Crippen LogP contribution in [0.3, 0.4) is 0 Å². The van der Waals surface area contributed by atoms with Crippen LogP contribution in [0.2, 0.25) is 0 Å². The lowest BCUT2D eigenvalue weighted by molar-refractivity contribution is -0.163. The van der Waals surface area contributed by atoms with E-state index in [-0.39, 0.29) is 18.1 Å². The van der Waals surface area contributed by atoms with Gasteiger partial charge in [-0.15, -0.1) is 0 Å². The number of rotatable bonds is 8. The number of primary amides is 1. The third-order valence-electron chi connectivity index (χ3n) is 8.50. The van der Waals surface area contributed by atoms with Crippen molar-refractivity contribution in [3.63, 3.8) is 0 Å². The molecule has 1 aliphatic carbocycles. The number of aryl methyl sites for hydroxylation is 1. The fraction of sp³-hybridized carbons (Fsp3) is 0.600. The van der Waals surface area contributed by atoms with E-state index in [4.69, 9.17) is 19.9 Å². The number of carbonyl (C=O) groups excluding carboxylic acids is 1. The first kappa shape index (κ1) is 26.1. The summed E-state index contributed by atoms with van der Waals surface area (Å²) in [4.78, 5) is 19.7. The Morgan fingerprint density at radius 3 is 2.46 bits per heavy atom. The summed E-state index contributed by atoms with van der Waals surface area (Å²) in [7, 11) is 0. The molecule has 37 heavy (non-hydrogen) atoms. The molecule has 2 atom stereocenters. The van der Waals surface area contributed by atoms with Crippen LogP contribution in [0.5, 0.6) is 5.88 Å². The second-order valence-corrected chi connectivity index (χ2v) is 11.5. The van der Waals surface area contributed by atoms with Gasteiger partial charge >= 0.3 is 0 Å². The number of fused-ring (bicyclic) bond motifs is 1. The van der Waals surface area contributed by atoms with Gasteiger partial charge in [-0.05, 0) is 103 Å². The van der Waals surface area contributed by atoms with Crippen molar-refractivity contribution in [2.75, 3.05) is 26.2 Å². The summed E-state index contributed by atoms with van der Waals surface area (Å²) >= 11 is 0. The Bertz CT molecular complexity index is 1110. The normalized spacial score (nSPS) is 27.8. The first-order valence-electron chi connectivity index (χ1n) is 13.8. The highest BCUT2D eigenvalue weighted by Gasteiger charge is 2.56. The molecule has 200 valence electrons. The molecule has 1 aromatic heterocycles. The number of nitrogens with two attached hydrogens (primary N) is 1. The molecule has 2 unspecified atom stereocenters. The second-order valence-electron chi connectivity index (χ2n) is 11.5. The number of benzene rings is 1. The molecule has 7 nitrogen and oxygen atoms in total. The zero-order valence-electron chi connectivity index (χ0n) is 22.7. The molecule has 0 radical (unpaired) electrons. The number of aromatic nitrogens is 1. The van der Waals surface area contributed by atoms with Crippen LogP contribution in [0.4, 0.5) is 0 Å². The van der Waals surface area contributed by atoms with E-state index in [0.717, 1.165) is 50.2 Å². The number of nitrogens with zero attached hydrogens (tertiary/aromatic N) is 2. The van der Waals surface area contributed by atoms with Gasteiger partial charge in [0.2, 0.25) is 11.8 Å². The molecule has 2 aliphatic heterocycles. The zero-order chi connectivity index (χ0) is 26.2. The summed E-state index contributed by atoms with van der Waals surface area (Å²) in [5.74, 6) is 0.436. The van der Waals surface area contributed by atoms with Crippen molar-refractivity contribution < 1.29 is 19.0 Å². The van der Waals surface area contributed by atoms with E-state index in [9.17, 15) is 4.79 Å². The molecule has 1 saturated carbocycles. The minimum Gasteiger partial charge on any atom is -0.478 e. The van der Waals surface area contributed by atoms with Gasteiger partial charge in [-0.3, -0.25) is 4.79 Å². The third kappa shape index (κ3) is 5.54. The number of ether oxygens (including phenoxy) is 3. The van der Waals surface area contributed by atoms with Crippen LogP contribution >= 0.6 is 0 Å². The number of carbonyl (C=O) groups is 1. The number of hydrogen-bond donors (Lipinski definition) is 1. The minimum atomic E-state index is -0.568. The summed E-state index contributed by atoms with van der Waals surface area (Å²) in [6.45, 7) is 11.6. The zero-order valence-corrected chi connectivity index (χ0v) is 22.7. The van der Waals surface area contributed by atoms with Gasteiger partial charge in [0.1, 0.15) is 0 Å². The van der Waals surface area contributed by atoms with Crippen molar-refractivity contribution in [1.82, 2.24) is 9.88 Å². The lowest BCUT2D eigenvalue weighted by atomic mass is 9.81. The van der Waals surface area contributed by atoms with Crippen LogP contribution in [-0.4, -0.2) is 60.0 Å². The molecule has 2 N–H and O–H groups in total. The fourth-order valence-electron chi connectivity index (χ4n) is 6.52. The Morgan fingerprint density at radius 2 is 1.84 bits per heavy atom. The SMILES string of the molecule is CCOc1cccc(-c2ccc(C3CCN(CCC4(C(N)=O)CC5OC(C)(C)OC5C4)CC3)cc2C)n1. The lowest BCUT2D eigenvalue weighted by Crippen LogP contribution is -2.42. The quantitative estimate of drug-likeness (QED) is 0.552. The van der Waals surface area contributed by atoms with Crippen LogP contribution in [0.1, 0.15) is 69.9 Å². The van der Waals surface area contributed by atoms with Crippen LogP contribution in [0.25, 0.3) is 11.3 Å². The number of amides is 1. The number of hydrogen-bond acceptors (Lipinski definition) is 6. The van der Waals surface area contributed by atoms with Crippen molar-refractivity contribution in [3.8, 4) is 17.1 Å². The molecule has 2 aromatic rings. The molecule has 3 aliphatic rings. The summed E-state index contributed by atoms with van der Waals surface area (Å²) in [6.07, 6.45) is 4.28. The van der Waals surface area contributed by atoms with Crippen molar-refractivity contribution in [3.05, 3.63) is 47.5 Å². The van der Waals surface area contributed by atoms with E-state index in [1.54, 1.807) is 0 Å². The van der Waals surface area contributed by atoms with Crippen molar-refractivity contribution in [2.45, 2.75) is 83.7 Å². The minimum absolute atomic E-state index is 0.0312. The predicted molar refractivity (Wildman–Crippen MR) is 143 cm³/mol. The Balaban J connectivity index is 1.16. The van der Waals surface area contributed by atoms with Crippen LogP contribution in [0.15, 0.2) is 36.4 Å². The molecule has 5 rings (SSSR count). The molecule has 3 fully saturated rings. The molecule has 7 heteroatoms. The van der Waals surface area contributed by atoms with Crippen molar-refractivity contribution in [1.29, 1.82) is 0 Å². The number of pyridine rings is 1. The first-order valence-corrected chi connectivity index (χ1v) is 13.8. The standard InChI is InChI=1S/C30H41N3O4/c1-5-35-27-8-6-7-24(32-27)23-10-9-22(17-20(23)2)21-11-14-33(15-12-21)16-13-30(28(31)34)18-25-26(19-30)37-29(3,4)36-25/h6-10,17,21,25-26H,5,11-16,18-19H2,1-4H3,(H2,31,34). The van der Waals surface area contributed by atoms with Gasteiger partial charge in [0.25, 0.3) is 0 Å². The fourth-order valence-corrected chi connectivity index (χ4v) is 6.52. The van der Waals surface area contributed by atoms with Crippen LogP contribution in [-0.2, 0) is 14.3 Å². The van der Waals surface area contributed by atoms with Gasteiger partial charge in [0.15, 0.2) is 5.79 Å². The number of piperidine rings is 1. The topological polar surface area (TPSA) is 86.9 Å². The molecular formula is C30H41N3O4. The molecule has 1 amide bonds. The Kier molecular flexibility index (Phi) is 7.31. The van der Waals surface area contributed by atoms with E-state index >= 15 is 0 Å². The van der Waals surface area contributed by atoms with Gasteiger partial charge in [0, 0.05) is 11.6 Å². The maximum absolute atomic E-state index is 12.5. The molecule has 3 heterocycles. The Morgan fingerprint density at radius 1 is 1.14 bits per heavy atom. The van der Waals surface area contributed by atoms with Crippen LogP contribution < -0.4 is 10.5 Å².